The number of aliphatic carboxylic acids is 1. The van der Waals surface area contributed by atoms with Crippen LogP contribution >= 0.6 is 0 Å². The lowest BCUT2D eigenvalue weighted by molar-refractivity contribution is -0.136. The molecule has 0 heterocycles. The zero-order valence-electron chi connectivity index (χ0n) is 17.7. The third-order valence-electron chi connectivity index (χ3n) is 4.67. The van der Waals surface area contributed by atoms with Gasteiger partial charge in [0.1, 0.15) is 5.75 Å². The van der Waals surface area contributed by atoms with Gasteiger partial charge in [-0.3, -0.25) is 4.79 Å². The van der Waals surface area contributed by atoms with E-state index in [9.17, 15) is 10.1 Å². The highest BCUT2D eigenvalue weighted by Crippen LogP contribution is 2.31. The number of aryl methyl sites for hydroxylation is 1. The maximum absolute atomic E-state index is 11.1. The Labute approximate surface area is 178 Å². The molecule has 0 radical (unpaired) electrons. The van der Waals surface area contributed by atoms with Gasteiger partial charge in [-0.15, -0.1) is 0 Å². The predicted octanol–water partition coefficient (Wildman–Crippen LogP) is 6.03. The van der Waals surface area contributed by atoms with Crippen LogP contribution in [0.3, 0.4) is 0 Å². The molecule has 4 nitrogen and oxygen atoms in total. The van der Waals surface area contributed by atoms with Crippen LogP contribution < -0.4 is 4.74 Å². The third-order valence-corrected chi connectivity index (χ3v) is 4.67. The van der Waals surface area contributed by atoms with Gasteiger partial charge in [0.2, 0.25) is 0 Å². The summed E-state index contributed by atoms with van der Waals surface area (Å²) in [5.74, 6) is 0.251. The number of carboxylic acid groups (broad SMARTS) is 1. The first-order valence-electron chi connectivity index (χ1n) is 9.84. The number of hydrogen-bond acceptors (Lipinski definition) is 3. The van der Waals surface area contributed by atoms with Crippen LogP contribution in [0.2, 0.25) is 0 Å². The topological polar surface area (TPSA) is 70.3 Å². The zero-order valence-corrected chi connectivity index (χ0v) is 17.7. The first-order chi connectivity index (χ1) is 14.4. The van der Waals surface area contributed by atoms with Crippen molar-refractivity contribution in [3.8, 4) is 22.9 Å². The summed E-state index contributed by atoms with van der Waals surface area (Å²) in [6, 6.07) is 13.6. The van der Waals surface area contributed by atoms with Crippen LogP contribution in [0.1, 0.15) is 37.0 Å². The number of methoxy groups -OCH3 is 1. The van der Waals surface area contributed by atoms with Crippen molar-refractivity contribution < 1.29 is 14.6 Å². The average Bonchev–Trinajstić information content (AvgIpc) is 2.74. The van der Waals surface area contributed by atoms with E-state index in [0.29, 0.717) is 23.7 Å². The smallest absolute Gasteiger partial charge is 0.303 e. The molecule has 0 amide bonds. The van der Waals surface area contributed by atoms with Crippen molar-refractivity contribution in [2.45, 2.75) is 26.7 Å². The van der Waals surface area contributed by atoms with E-state index in [-0.39, 0.29) is 6.42 Å². The molecule has 0 fully saturated rings. The van der Waals surface area contributed by atoms with Crippen molar-refractivity contribution in [2.75, 3.05) is 7.11 Å². The van der Waals surface area contributed by atoms with Crippen LogP contribution in [0.15, 0.2) is 67.3 Å². The molecular weight excluding hydrogens is 374 g/mol. The van der Waals surface area contributed by atoms with Gasteiger partial charge in [0, 0.05) is 6.42 Å². The number of ether oxygens (including phenoxy) is 1. The van der Waals surface area contributed by atoms with Crippen LogP contribution in [0, 0.1) is 17.2 Å². The summed E-state index contributed by atoms with van der Waals surface area (Å²) in [4.78, 5) is 11.1. The number of rotatable bonds is 9. The zero-order chi connectivity index (χ0) is 22.1. The van der Waals surface area contributed by atoms with Gasteiger partial charge < -0.3 is 9.84 Å². The molecule has 0 aliphatic rings. The minimum Gasteiger partial charge on any atom is -0.497 e. The molecule has 2 aromatic carbocycles. The normalized spacial score (nSPS) is 11.5. The molecule has 0 spiro atoms. The fourth-order valence-electron chi connectivity index (χ4n) is 3.13. The Balaban J connectivity index is 2.51. The first kappa shape index (κ1) is 22.7. The molecular formula is C26H27NO3. The summed E-state index contributed by atoms with van der Waals surface area (Å²) in [6.07, 6.45) is 8.15. The van der Waals surface area contributed by atoms with Crippen LogP contribution in [0.5, 0.6) is 5.75 Å². The molecule has 4 heteroatoms. The molecule has 0 aliphatic heterocycles. The van der Waals surface area contributed by atoms with E-state index in [4.69, 9.17) is 9.84 Å². The van der Waals surface area contributed by atoms with E-state index >= 15 is 0 Å². The summed E-state index contributed by atoms with van der Waals surface area (Å²) in [5, 5.41) is 18.8. The fourth-order valence-corrected chi connectivity index (χ4v) is 3.13. The Morgan fingerprint density at radius 3 is 2.63 bits per heavy atom. The molecule has 1 N–H and O–H groups in total. The minimum atomic E-state index is -0.855. The van der Waals surface area contributed by atoms with E-state index in [1.165, 1.54) is 0 Å². The van der Waals surface area contributed by atoms with E-state index in [1.54, 1.807) is 13.2 Å². The molecule has 0 saturated carbocycles. The van der Waals surface area contributed by atoms with Crippen molar-refractivity contribution in [1.82, 2.24) is 0 Å². The largest absolute Gasteiger partial charge is 0.497 e. The predicted molar refractivity (Wildman–Crippen MR) is 121 cm³/mol. The van der Waals surface area contributed by atoms with Crippen LogP contribution in [0.4, 0.5) is 0 Å². The Morgan fingerprint density at radius 2 is 2.03 bits per heavy atom. The molecule has 2 aromatic rings. The second-order valence-electron chi connectivity index (χ2n) is 7.24. The Hall–Kier alpha value is -3.58. The molecule has 0 bridgehead atoms. The van der Waals surface area contributed by atoms with E-state index < -0.39 is 5.97 Å². The lowest BCUT2D eigenvalue weighted by atomic mass is 9.91. The number of hydrogen-bond donors (Lipinski definition) is 1. The molecule has 2 rings (SSSR count). The molecule has 0 aromatic heterocycles. The van der Waals surface area contributed by atoms with Gasteiger partial charge in [-0.2, -0.15) is 5.26 Å². The van der Waals surface area contributed by atoms with Crippen LogP contribution in [-0.2, 0) is 11.2 Å². The maximum atomic E-state index is 11.1. The van der Waals surface area contributed by atoms with Crippen LogP contribution in [0.25, 0.3) is 16.7 Å². The SMILES string of the molecule is C=C/C(=C\C=C/C(C)C)c1ccc(-c2ccc(OC)cc2CCC(=O)O)cc1C#N. The standard InChI is InChI=1S/C26H27NO3/c1-5-19(8-6-7-18(2)3)24-12-9-20(15-22(24)17-27)25-13-11-23(30-4)16-21(25)10-14-26(28)29/h5-9,11-13,15-16,18H,1,10,14H2,2-4H3,(H,28,29)/b7-6-,19-8+. The fraction of sp³-hybridized carbons (Fsp3) is 0.231. The number of nitrogens with zero attached hydrogens (tertiary/aromatic N) is 1. The van der Waals surface area contributed by atoms with E-state index in [0.717, 1.165) is 27.8 Å². The first-order valence-corrected chi connectivity index (χ1v) is 9.84. The van der Waals surface area contributed by atoms with Gasteiger partial charge >= 0.3 is 5.97 Å². The number of benzene rings is 2. The summed E-state index contributed by atoms with van der Waals surface area (Å²) in [7, 11) is 1.58. The van der Waals surface area contributed by atoms with Gasteiger partial charge in [0.25, 0.3) is 0 Å². The number of nitriles is 1. The lowest BCUT2D eigenvalue weighted by Crippen LogP contribution is -2.00. The van der Waals surface area contributed by atoms with Crippen molar-refractivity contribution in [3.05, 3.63) is 84.0 Å². The van der Waals surface area contributed by atoms with E-state index in [2.05, 4.69) is 32.6 Å². The highest BCUT2D eigenvalue weighted by molar-refractivity contribution is 5.81. The number of allylic oxidation sites excluding steroid dienone is 5. The molecule has 30 heavy (non-hydrogen) atoms. The van der Waals surface area contributed by atoms with Gasteiger partial charge in [-0.1, -0.05) is 62.9 Å². The van der Waals surface area contributed by atoms with Crippen LogP contribution in [-0.4, -0.2) is 18.2 Å². The minimum absolute atomic E-state index is 0.0227. The second-order valence-corrected chi connectivity index (χ2v) is 7.24. The molecule has 0 atom stereocenters. The highest BCUT2D eigenvalue weighted by Gasteiger charge is 2.12. The van der Waals surface area contributed by atoms with Crippen molar-refractivity contribution in [2.24, 2.45) is 5.92 Å². The second kappa shape index (κ2) is 10.8. The number of carbonyl (C=O) groups is 1. The quantitative estimate of drug-likeness (QED) is 0.521. The molecule has 154 valence electrons. The highest BCUT2D eigenvalue weighted by atomic mass is 16.5. The van der Waals surface area contributed by atoms with Crippen molar-refractivity contribution >= 4 is 11.5 Å². The van der Waals surface area contributed by atoms with Crippen molar-refractivity contribution in [3.63, 3.8) is 0 Å². The lowest BCUT2D eigenvalue weighted by Gasteiger charge is -2.13. The third kappa shape index (κ3) is 5.96. The number of carboxylic acids is 1. The molecule has 0 aliphatic carbocycles. The summed E-state index contributed by atoms with van der Waals surface area (Å²) >= 11 is 0. The Kier molecular flexibility index (Phi) is 8.19. The summed E-state index contributed by atoms with van der Waals surface area (Å²) in [5.41, 5.74) is 4.84. The van der Waals surface area contributed by atoms with Gasteiger partial charge in [0.15, 0.2) is 0 Å². The maximum Gasteiger partial charge on any atom is 0.303 e. The monoisotopic (exact) mass is 401 g/mol. The average molecular weight is 402 g/mol. The Bertz CT molecular complexity index is 1020. The Morgan fingerprint density at radius 1 is 1.27 bits per heavy atom. The van der Waals surface area contributed by atoms with Gasteiger partial charge in [-0.25, -0.2) is 0 Å². The summed E-state index contributed by atoms with van der Waals surface area (Å²) < 4.78 is 5.29. The van der Waals surface area contributed by atoms with Gasteiger partial charge in [-0.05, 0) is 58.4 Å². The van der Waals surface area contributed by atoms with Crippen molar-refractivity contribution in [1.29, 1.82) is 5.26 Å². The van der Waals surface area contributed by atoms with Gasteiger partial charge in [0.05, 0.1) is 18.7 Å². The molecule has 0 saturated heterocycles. The van der Waals surface area contributed by atoms with E-state index in [1.807, 2.05) is 48.6 Å². The summed E-state index contributed by atoms with van der Waals surface area (Å²) in [6.45, 7) is 8.09. The molecule has 0 unspecified atom stereocenters.